The van der Waals surface area contributed by atoms with Crippen molar-refractivity contribution in [1.29, 1.82) is 0 Å². The van der Waals surface area contributed by atoms with Crippen molar-refractivity contribution >= 4 is 10.9 Å². The van der Waals surface area contributed by atoms with E-state index in [2.05, 4.69) is 85.2 Å². The molecule has 0 amide bonds. The van der Waals surface area contributed by atoms with E-state index in [0.29, 0.717) is 12.6 Å². The number of hydrogen-bond acceptors (Lipinski definition) is 5. The van der Waals surface area contributed by atoms with Gasteiger partial charge in [-0.1, -0.05) is 39.2 Å². The summed E-state index contributed by atoms with van der Waals surface area (Å²) in [5.74, 6) is 0.921. The lowest BCUT2D eigenvalue weighted by Crippen LogP contribution is -2.41. The van der Waals surface area contributed by atoms with Crippen molar-refractivity contribution in [3.05, 3.63) is 51.1 Å². The molecule has 3 aromatic rings. The highest BCUT2D eigenvalue weighted by molar-refractivity contribution is 5.83. The van der Waals surface area contributed by atoms with Crippen molar-refractivity contribution in [3.63, 3.8) is 0 Å². The van der Waals surface area contributed by atoms with Gasteiger partial charge in [0, 0.05) is 29.1 Å². The zero-order valence-electron chi connectivity index (χ0n) is 21.7. The highest BCUT2D eigenvalue weighted by atomic mass is 16.1. The van der Waals surface area contributed by atoms with Crippen molar-refractivity contribution < 1.29 is 0 Å². The molecule has 0 spiro atoms. The quantitative estimate of drug-likeness (QED) is 0.448. The van der Waals surface area contributed by atoms with E-state index >= 15 is 0 Å². The average Bonchev–Trinajstić information content (AvgIpc) is 3.49. The molecule has 0 bridgehead atoms. The van der Waals surface area contributed by atoms with Crippen LogP contribution in [0.1, 0.15) is 101 Å². The smallest absolute Gasteiger partial charge is 0.252 e. The molecule has 2 aromatic heterocycles. The molecule has 0 aliphatic heterocycles. The summed E-state index contributed by atoms with van der Waals surface area (Å²) in [5, 5.41) is 14.2. The van der Waals surface area contributed by atoms with Crippen molar-refractivity contribution in [1.82, 2.24) is 30.1 Å². The maximum Gasteiger partial charge on any atom is 0.252 e. The second kappa shape index (κ2) is 9.98. The number of H-pyrrole nitrogens is 1. The Morgan fingerprint density at radius 1 is 1.18 bits per heavy atom. The second-order valence-corrected chi connectivity index (χ2v) is 10.7. The minimum Gasteiger partial charge on any atom is -0.322 e. The number of nitrogens with one attached hydrogen (secondary N) is 1. The molecule has 7 heteroatoms. The van der Waals surface area contributed by atoms with E-state index in [1.807, 2.05) is 4.68 Å². The largest absolute Gasteiger partial charge is 0.322 e. The molecule has 34 heavy (non-hydrogen) atoms. The first-order chi connectivity index (χ1) is 16.2. The molecule has 0 saturated heterocycles. The van der Waals surface area contributed by atoms with Crippen LogP contribution in [0.4, 0.5) is 0 Å². The Labute approximate surface area is 202 Å². The molecule has 4 rings (SSSR count). The van der Waals surface area contributed by atoms with Crippen LogP contribution < -0.4 is 5.56 Å². The minimum atomic E-state index is -0.165. The monoisotopic (exact) mass is 464 g/mol. The molecule has 1 N–H and O–H groups in total. The molecule has 1 aliphatic carbocycles. The van der Waals surface area contributed by atoms with E-state index in [1.54, 1.807) is 0 Å². The third kappa shape index (κ3) is 4.81. The number of aromatic amines is 1. The molecule has 1 aliphatic rings. The average molecular weight is 465 g/mol. The van der Waals surface area contributed by atoms with Crippen LogP contribution in [0.2, 0.25) is 0 Å². The number of rotatable bonds is 9. The van der Waals surface area contributed by atoms with E-state index < -0.39 is 0 Å². The Bertz CT molecular complexity index is 1190. The number of pyridine rings is 1. The standard InChI is InChI=1S/C27H40N6O/c1-7-11-24(25-29-30-31-33(25)27(5,6)8-2)32(21-12-9-10-13-21)17-20-16-22-19(4)14-18(3)15-23(22)28-26(20)34/h14-16,21,24H,7-13,17H2,1-6H3,(H,28,34). The summed E-state index contributed by atoms with van der Waals surface area (Å²) >= 11 is 0. The molecule has 7 nitrogen and oxygen atoms in total. The molecule has 1 saturated carbocycles. The molecule has 0 radical (unpaired) electrons. The van der Waals surface area contributed by atoms with Gasteiger partial charge in [-0.3, -0.25) is 9.69 Å². The minimum absolute atomic E-state index is 0.00391. The number of fused-ring (bicyclic) bond motifs is 1. The summed E-state index contributed by atoms with van der Waals surface area (Å²) in [6.07, 6.45) is 7.71. The zero-order valence-corrected chi connectivity index (χ0v) is 21.7. The normalized spacial score (nSPS) is 16.1. The molecule has 1 atom stereocenters. The van der Waals surface area contributed by atoms with Gasteiger partial charge in [-0.15, -0.1) is 5.10 Å². The van der Waals surface area contributed by atoms with Crippen LogP contribution in [-0.2, 0) is 12.1 Å². The van der Waals surface area contributed by atoms with Gasteiger partial charge in [0.25, 0.3) is 5.56 Å². The van der Waals surface area contributed by atoms with E-state index in [-0.39, 0.29) is 17.1 Å². The van der Waals surface area contributed by atoms with Crippen LogP contribution in [0.3, 0.4) is 0 Å². The van der Waals surface area contributed by atoms with Crippen LogP contribution in [0.25, 0.3) is 10.9 Å². The first-order valence-electron chi connectivity index (χ1n) is 12.9. The maximum absolute atomic E-state index is 13.2. The fraction of sp³-hybridized carbons (Fsp3) is 0.630. The van der Waals surface area contributed by atoms with Gasteiger partial charge >= 0.3 is 0 Å². The van der Waals surface area contributed by atoms with Gasteiger partial charge in [0.2, 0.25) is 0 Å². The third-order valence-corrected chi connectivity index (χ3v) is 7.73. The number of hydrogen-bond donors (Lipinski definition) is 1. The molecule has 1 fully saturated rings. The van der Waals surface area contributed by atoms with Gasteiger partial charge in [-0.05, 0) is 87.1 Å². The number of aryl methyl sites for hydroxylation is 2. The predicted octanol–water partition coefficient (Wildman–Crippen LogP) is 5.56. The summed E-state index contributed by atoms with van der Waals surface area (Å²) in [6.45, 7) is 13.6. The third-order valence-electron chi connectivity index (χ3n) is 7.73. The highest BCUT2D eigenvalue weighted by Gasteiger charge is 2.35. The van der Waals surface area contributed by atoms with E-state index in [9.17, 15) is 4.79 Å². The van der Waals surface area contributed by atoms with E-state index in [4.69, 9.17) is 0 Å². The Morgan fingerprint density at radius 3 is 2.59 bits per heavy atom. The zero-order chi connectivity index (χ0) is 24.5. The molecular weight excluding hydrogens is 424 g/mol. The first-order valence-corrected chi connectivity index (χ1v) is 12.9. The van der Waals surface area contributed by atoms with Crippen molar-refractivity contribution in [2.24, 2.45) is 0 Å². The summed E-state index contributed by atoms with van der Waals surface area (Å²) in [5.41, 5.74) is 3.93. The summed E-state index contributed by atoms with van der Waals surface area (Å²) in [4.78, 5) is 18.9. The summed E-state index contributed by atoms with van der Waals surface area (Å²) in [7, 11) is 0. The van der Waals surface area contributed by atoms with Gasteiger partial charge in [0.1, 0.15) is 0 Å². The van der Waals surface area contributed by atoms with Crippen molar-refractivity contribution in [2.45, 2.75) is 111 Å². The van der Waals surface area contributed by atoms with Gasteiger partial charge < -0.3 is 4.98 Å². The topological polar surface area (TPSA) is 79.7 Å². The lowest BCUT2D eigenvalue weighted by molar-refractivity contribution is 0.102. The SMILES string of the molecule is CCCC(c1nnnn1C(C)(C)CC)N(Cc1cc2c(C)cc(C)cc2[nH]c1=O)C1CCCC1. The lowest BCUT2D eigenvalue weighted by Gasteiger charge is -2.37. The van der Waals surface area contributed by atoms with Crippen LogP contribution in [0.5, 0.6) is 0 Å². The summed E-state index contributed by atoms with van der Waals surface area (Å²) < 4.78 is 2.02. The molecule has 184 valence electrons. The van der Waals surface area contributed by atoms with Crippen molar-refractivity contribution in [3.8, 4) is 0 Å². The van der Waals surface area contributed by atoms with E-state index in [1.165, 1.54) is 18.4 Å². The van der Waals surface area contributed by atoms with Crippen LogP contribution >= 0.6 is 0 Å². The Hall–Kier alpha value is -2.54. The predicted molar refractivity (Wildman–Crippen MR) is 137 cm³/mol. The van der Waals surface area contributed by atoms with Crippen LogP contribution in [-0.4, -0.2) is 36.1 Å². The Morgan fingerprint density at radius 2 is 1.91 bits per heavy atom. The molecular formula is C27H40N6O. The van der Waals surface area contributed by atoms with Crippen molar-refractivity contribution in [2.75, 3.05) is 0 Å². The van der Waals surface area contributed by atoms with Gasteiger partial charge in [0.05, 0.1) is 11.6 Å². The molecule has 1 unspecified atom stereocenters. The van der Waals surface area contributed by atoms with E-state index in [0.717, 1.165) is 60.0 Å². The number of benzene rings is 1. The number of aromatic nitrogens is 5. The number of nitrogens with zero attached hydrogens (tertiary/aromatic N) is 5. The second-order valence-electron chi connectivity index (χ2n) is 10.7. The fourth-order valence-corrected chi connectivity index (χ4v) is 5.46. The maximum atomic E-state index is 13.2. The highest BCUT2D eigenvalue weighted by Crippen LogP contribution is 2.36. The fourth-order valence-electron chi connectivity index (χ4n) is 5.46. The van der Waals surface area contributed by atoms with Gasteiger partial charge in [-0.25, -0.2) is 4.68 Å². The van der Waals surface area contributed by atoms with Crippen LogP contribution in [0, 0.1) is 13.8 Å². The lowest BCUT2D eigenvalue weighted by atomic mass is 9.99. The Kier molecular flexibility index (Phi) is 7.22. The Balaban J connectivity index is 1.79. The summed E-state index contributed by atoms with van der Waals surface area (Å²) in [6, 6.07) is 6.85. The van der Waals surface area contributed by atoms with Gasteiger partial charge in [-0.2, -0.15) is 0 Å². The molecule has 1 aromatic carbocycles. The number of tetrazole rings is 1. The molecule has 2 heterocycles. The first kappa shape index (κ1) is 24.6. The van der Waals surface area contributed by atoms with Gasteiger partial charge in [0.15, 0.2) is 5.82 Å². The van der Waals surface area contributed by atoms with Crippen LogP contribution in [0.15, 0.2) is 23.0 Å².